The average molecular weight is 498 g/mol. The van der Waals surface area contributed by atoms with Crippen LogP contribution in [0.25, 0.3) is 11.3 Å². The smallest absolute Gasteiger partial charge is 0.241 e. The number of nitrogens with one attached hydrogen (secondary N) is 3. The lowest BCUT2D eigenvalue weighted by Crippen LogP contribution is -2.27. The molecular weight excluding hydrogens is 474 g/mol. The number of hydrogen-bond acceptors (Lipinski definition) is 6. The van der Waals surface area contributed by atoms with Crippen LogP contribution in [0.3, 0.4) is 0 Å². The average Bonchev–Trinajstić information content (AvgIpc) is 3.21. The molecule has 2 aliphatic rings. The number of para-hydroxylation sites is 1. The fourth-order valence-electron chi connectivity index (χ4n) is 4.78. The van der Waals surface area contributed by atoms with Crippen molar-refractivity contribution in [1.29, 1.82) is 0 Å². The van der Waals surface area contributed by atoms with Crippen LogP contribution < -0.4 is 15.4 Å². The molecule has 180 valence electrons. The maximum atomic E-state index is 13.0. The summed E-state index contributed by atoms with van der Waals surface area (Å²) in [7, 11) is -3.68. The predicted octanol–water partition coefficient (Wildman–Crippen LogP) is 4.35. The van der Waals surface area contributed by atoms with Gasteiger partial charge in [0.2, 0.25) is 21.9 Å². The van der Waals surface area contributed by atoms with Crippen molar-refractivity contribution in [2.45, 2.75) is 30.2 Å². The summed E-state index contributed by atoms with van der Waals surface area (Å²) in [5.41, 5.74) is 5.83. The van der Waals surface area contributed by atoms with E-state index < -0.39 is 10.0 Å². The van der Waals surface area contributed by atoms with Crippen molar-refractivity contribution in [1.82, 2.24) is 14.7 Å². The molecule has 2 heterocycles. The lowest BCUT2D eigenvalue weighted by atomic mass is 10.1. The van der Waals surface area contributed by atoms with E-state index in [1.807, 2.05) is 48.5 Å². The Morgan fingerprint density at radius 2 is 1.69 bits per heavy atom. The van der Waals surface area contributed by atoms with E-state index in [1.165, 1.54) is 5.56 Å². The third kappa shape index (κ3) is 4.23. The van der Waals surface area contributed by atoms with Gasteiger partial charge in [0, 0.05) is 29.1 Å². The van der Waals surface area contributed by atoms with Crippen LogP contribution in [-0.2, 0) is 27.7 Å². The minimum atomic E-state index is -3.68. The van der Waals surface area contributed by atoms with Crippen LogP contribution >= 0.6 is 0 Å². The number of aryl methyl sites for hydroxylation is 1. The lowest BCUT2D eigenvalue weighted by molar-refractivity contribution is -0.115. The van der Waals surface area contributed by atoms with E-state index in [2.05, 4.69) is 25.3 Å². The molecule has 36 heavy (non-hydrogen) atoms. The maximum Gasteiger partial charge on any atom is 0.241 e. The molecule has 3 N–H and O–H groups in total. The van der Waals surface area contributed by atoms with Crippen molar-refractivity contribution >= 4 is 33.3 Å². The number of aromatic nitrogens is 2. The molecule has 0 saturated heterocycles. The third-order valence-electron chi connectivity index (χ3n) is 6.52. The first-order valence-electron chi connectivity index (χ1n) is 11.7. The summed E-state index contributed by atoms with van der Waals surface area (Å²) >= 11 is 0. The summed E-state index contributed by atoms with van der Waals surface area (Å²) in [5, 5.41) is 6.04. The first-order valence-corrected chi connectivity index (χ1v) is 13.2. The molecule has 0 bridgehead atoms. The molecule has 9 heteroatoms. The summed E-state index contributed by atoms with van der Waals surface area (Å²) in [5.74, 6) is 0.242. The van der Waals surface area contributed by atoms with Crippen LogP contribution in [0.15, 0.2) is 83.9 Å². The number of anilines is 3. The Hall–Kier alpha value is -4.08. The summed E-state index contributed by atoms with van der Waals surface area (Å²) in [4.78, 5) is 21.4. The Bertz CT molecular complexity index is 1590. The Kier molecular flexibility index (Phi) is 5.50. The monoisotopic (exact) mass is 497 g/mol. The number of amides is 1. The van der Waals surface area contributed by atoms with Crippen molar-refractivity contribution in [2.75, 3.05) is 10.6 Å². The first-order chi connectivity index (χ1) is 17.5. The van der Waals surface area contributed by atoms with E-state index in [-0.39, 0.29) is 23.3 Å². The fraction of sp³-hybridized carbons (Fsp3) is 0.148. The second kappa shape index (κ2) is 8.85. The number of carbonyl (C=O) groups excluding carboxylic acids is 1. The van der Waals surface area contributed by atoms with Crippen molar-refractivity contribution in [3.05, 3.63) is 95.7 Å². The molecule has 1 aliphatic carbocycles. The molecule has 0 saturated carbocycles. The van der Waals surface area contributed by atoms with E-state index in [1.54, 1.807) is 30.5 Å². The van der Waals surface area contributed by atoms with Crippen molar-refractivity contribution < 1.29 is 13.2 Å². The number of nitrogens with zero attached hydrogens (tertiary/aromatic N) is 2. The van der Waals surface area contributed by atoms with Crippen LogP contribution in [-0.4, -0.2) is 24.3 Å². The third-order valence-corrected chi connectivity index (χ3v) is 8.01. The molecule has 3 aromatic carbocycles. The van der Waals surface area contributed by atoms with E-state index in [9.17, 15) is 13.2 Å². The molecule has 1 atom stereocenters. The molecule has 1 unspecified atom stereocenters. The number of rotatable bonds is 5. The summed E-state index contributed by atoms with van der Waals surface area (Å²) in [6, 6.07) is 21.7. The summed E-state index contributed by atoms with van der Waals surface area (Å²) in [6.07, 6.45) is 3.45. The molecule has 0 radical (unpaired) electrons. The van der Waals surface area contributed by atoms with Gasteiger partial charge in [-0.25, -0.2) is 23.1 Å². The second-order valence-corrected chi connectivity index (χ2v) is 10.6. The van der Waals surface area contributed by atoms with E-state index in [0.717, 1.165) is 29.5 Å². The second-order valence-electron chi connectivity index (χ2n) is 8.90. The topological polar surface area (TPSA) is 113 Å². The Morgan fingerprint density at radius 1 is 0.917 bits per heavy atom. The van der Waals surface area contributed by atoms with Gasteiger partial charge in [-0.05, 0) is 54.3 Å². The van der Waals surface area contributed by atoms with E-state index in [4.69, 9.17) is 0 Å². The zero-order chi connectivity index (χ0) is 24.7. The number of sulfonamides is 1. The van der Waals surface area contributed by atoms with Gasteiger partial charge in [-0.1, -0.05) is 42.5 Å². The van der Waals surface area contributed by atoms with Crippen molar-refractivity contribution in [3.63, 3.8) is 0 Å². The van der Waals surface area contributed by atoms with Gasteiger partial charge in [0.25, 0.3) is 0 Å². The Labute approximate surface area is 208 Å². The van der Waals surface area contributed by atoms with Gasteiger partial charge in [-0.15, -0.1) is 0 Å². The minimum absolute atomic E-state index is 0.114. The van der Waals surface area contributed by atoms with Crippen molar-refractivity contribution in [3.8, 4) is 11.3 Å². The fourth-order valence-corrected chi connectivity index (χ4v) is 6.03. The van der Waals surface area contributed by atoms with E-state index in [0.29, 0.717) is 23.0 Å². The standard InChI is InChI=1S/C27H23N5O3S/c33-25-15-18-16-28-27(31-26(18)22-7-3-4-8-23(22)30-25)29-19-10-12-20(13-11-19)36(34,35)32-24-14-9-17-5-1-2-6-21(17)24/h1-8,10-13,16,24,32H,9,14-15H2,(H,30,33)(H,28,29,31). The number of fused-ring (bicyclic) bond motifs is 4. The highest BCUT2D eigenvalue weighted by molar-refractivity contribution is 7.89. The largest absolute Gasteiger partial charge is 0.325 e. The summed E-state index contributed by atoms with van der Waals surface area (Å²) in [6.45, 7) is 0. The first kappa shape index (κ1) is 22.4. The van der Waals surface area contributed by atoms with Crippen LogP contribution in [0.1, 0.15) is 29.2 Å². The maximum absolute atomic E-state index is 13.0. The predicted molar refractivity (Wildman–Crippen MR) is 137 cm³/mol. The Morgan fingerprint density at radius 3 is 2.56 bits per heavy atom. The van der Waals surface area contributed by atoms with Gasteiger partial charge in [-0.2, -0.15) is 0 Å². The summed E-state index contributed by atoms with van der Waals surface area (Å²) < 4.78 is 28.9. The van der Waals surface area contributed by atoms with Crippen LogP contribution in [0.2, 0.25) is 0 Å². The van der Waals surface area contributed by atoms with E-state index >= 15 is 0 Å². The van der Waals surface area contributed by atoms with Gasteiger partial charge in [0.15, 0.2) is 0 Å². The number of carbonyl (C=O) groups is 1. The zero-order valence-electron chi connectivity index (χ0n) is 19.2. The van der Waals surface area contributed by atoms with Crippen LogP contribution in [0, 0.1) is 0 Å². The lowest BCUT2D eigenvalue weighted by Gasteiger charge is -2.15. The Balaban J connectivity index is 1.22. The number of benzene rings is 3. The molecule has 1 aliphatic heterocycles. The SMILES string of the molecule is O=C1Cc2cnc(Nc3ccc(S(=O)(=O)NC4CCc5ccccc54)cc3)nc2-c2ccccc2N1. The van der Waals surface area contributed by atoms with Crippen LogP contribution in [0.5, 0.6) is 0 Å². The van der Waals surface area contributed by atoms with Gasteiger partial charge in [-0.3, -0.25) is 4.79 Å². The number of hydrogen-bond donors (Lipinski definition) is 3. The molecule has 4 aromatic rings. The van der Waals surface area contributed by atoms with Gasteiger partial charge in [0.05, 0.1) is 22.7 Å². The molecular formula is C27H23N5O3S. The molecule has 1 aromatic heterocycles. The van der Waals surface area contributed by atoms with Gasteiger partial charge in [0.1, 0.15) is 0 Å². The highest BCUT2D eigenvalue weighted by Gasteiger charge is 2.27. The quantitative estimate of drug-likeness (QED) is 0.378. The molecule has 0 spiro atoms. The highest BCUT2D eigenvalue weighted by atomic mass is 32.2. The van der Waals surface area contributed by atoms with Gasteiger partial charge >= 0.3 is 0 Å². The zero-order valence-corrected chi connectivity index (χ0v) is 20.0. The molecule has 8 nitrogen and oxygen atoms in total. The van der Waals surface area contributed by atoms with Crippen molar-refractivity contribution in [2.24, 2.45) is 0 Å². The molecule has 0 fully saturated rings. The van der Waals surface area contributed by atoms with Gasteiger partial charge < -0.3 is 10.6 Å². The van der Waals surface area contributed by atoms with Crippen LogP contribution in [0.4, 0.5) is 17.3 Å². The highest BCUT2D eigenvalue weighted by Crippen LogP contribution is 2.34. The molecule has 1 amide bonds. The normalized spacial score (nSPS) is 16.3. The minimum Gasteiger partial charge on any atom is -0.325 e. The molecule has 6 rings (SSSR count).